The van der Waals surface area contributed by atoms with Gasteiger partial charge in [0.2, 0.25) is 0 Å². The van der Waals surface area contributed by atoms with Crippen molar-refractivity contribution >= 4 is 0 Å². The van der Waals surface area contributed by atoms with Gasteiger partial charge in [0.15, 0.2) is 0 Å². The molecule has 2 heteroatoms. The molecule has 2 N–H and O–H groups in total. The van der Waals surface area contributed by atoms with Crippen LogP contribution in [0.25, 0.3) is 0 Å². The van der Waals surface area contributed by atoms with Crippen molar-refractivity contribution in [3.8, 4) is 0 Å². The van der Waals surface area contributed by atoms with Gasteiger partial charge < -0.3 is 10.5 Å². The summed E-state index contributed by atoms with van der Waals surface area (Å²) in [5, 5.41) is 0. The summed E-state index contributed by atoms with van der Waals surface area (Å²) >= 11 is 0. The number of ether oxygens (including phenoxy) is 1. The first-order valence-electron chi connectivity index (χ1n) is 6.79. The Kier molecular flexibility index (Phi) is 3.17. The van der Waals surface area contributed by atoms with E-state index in [-0.39, 0.29) is 6.04 Å². The van der Waals surface area contributed by atoms with Crippen LogP contribution < -0.4 is 5.73 Å². The Hall–Kier alpha value is -0.860. The zero-order valence-electron chi connectivity index (χ0n) is 10.3. The van der Waals surface area contributed by atoms with Gasteiger partial charge >= 0.3 is 0 Å². The highest BCUT2D eigenvalue weighted by molar-refractivity contribution is 5.36. The minimum absolute atomic E-state index is 0.154. The normalized spacial score (nSPS) is 25.6. The maximum atomic E-state index is 6.38. The van der Waals surface area contributed by atoms with E-state index in [9.17, 15) is 0 Å². The third kappa shape index (κ3) is 2.24. The average Bonchev–Trinajstić information content (AvgIpc) is 2.86. The van der Waals surface area contributed by atoms with Crippen molar-refractivity contribution in [3.05, 3.63) is 34.9 Å². The van der Waals surface area contributed by atoms with E-state index in [1.165, 1.54) is 42.4 Å². The molecule has 1 saturated heterocycles. The molecular weight excluding hydrogens is 210 g/mol. The zero-order valence-corrected chi connectivity index (χ0v) is 10.3. The second-order valence-corrected chi connectivity index (χ2v) is 5.38. The number of hydrogen-bond donors (Lipinski definition) is 1. The molecule has 1 fully saturated rings. The lowest BCUT2D eigenvalue weighted by molar-refractivity contribution is 0.0447. The Labute approximate surface area is 103 Å². The highest BCUT2D eigenvalue weighted by Crippen LogP contribution is 2.30. The molecule has 1 aliphatic carbocycles. The summed E-state index contributed by atoms with van der Waals surface area (Å²) in [7, 11) is 0. The molecule has 1 aromatic carbocycles. The third-order valence-corrected chi connectivity index (χ3v) is 4.21. The van der Waals surface area contributed by atoms with Crippen LogP contribution in [0.5, 0.6) is 0 Å². The molecule has 0 saturated carbocycles. The predicted molar refractivity (Wildman–Crippen MR) is 68.9 cm³/mol. The van der Waals surface area contributed by atoms with Gasteiger partial charge in [-0.3, -0.25) is 0 Å². The van der Waals surface area contributed by atoms with Gasteiger partial charge in [0.05, 0.1) is 6.61 Å². The van der Waals surface area contributed by atoms with Gasteiger partial charge in [0, 0.05) is 18.6 Å². The van der Waals surface area contributed by atoms with Crippen molar-refractivity contribution in [2.24, 2.45) is 11.7 Å². The summed E-state index contributed by atoms with van der Waals surface area (Å²) < 4.78 is 5.54. The maximum absolute atomic E-state index is 6.38. The molecule has 2 aliphatic rings. The molecule has 0 bridgehead atoms. The Bertz CT molecular complexity index is 396. The lowest BCUT2D eigenvalue weighted by Crippen LogP contribution is -2.29. The van der Waals surface area contributed by atoms with Crippen LogP contribution in [0.4, 0.5) is 0 Å². The van der Waals surface area contributed by atoms with Crippen LogP contribution in [-0.4, -0.2) is 13.2 Å². The van der Waals surface area contributed by atoms with Crippen LogP contribution in [0.15, 0.2) is 18.2 Å². The molecule has 0 spiro atoms. The minimum Gasteiger partial charge on any atom is -0.381 e. The Morgan fingerprint density at radius 1 is 1.18 bits per heavy atom. The van der Waals surface area contributed by atoms with Gasteiger partial charge in [0.1, 0.15) is 0 Å². The summed E-state index contributed by atoms with van der Waals surface area (Å²) in [5.74, 6) is 0.503. The molecule has 1 aromatic rings. The maximum Gasteiger partial charge on any atom is 0.0512 e. The van der Waals surface area contributed by atoms with Crippen LogP contribution in [0.2, 0.25) is 0 Å². The largest absolute Gasteiger partial charge is 0.381 e. The summed E-state index contributed by atoms with van der Waals surface area (Å²) in [5.41, 5.74) is 10.7. The SMILES string of the molecule is NC(c1ccc2c(c1)CCC2)C1CCCOC1. The fourth-order valence-electron chi connectivity index (χ4n) is 3.12. The first-order valence-corrected chi connectivity index (χ1v) is 6.79. The Balaban J connectivity index is 1.78. The molecule has 1 heterocycles. The van der Waals surface area contributed by atoms with Gasteiger partial charge in [-0.2, -0.15) is 0 Å². The van der Waals surface area contributed by atoms with Crippen molar-refractivity contribution in [2.45, 2.75) is 38.1 Å². The number of hydrogen-bond acceptors (Lipinski definition) is 2. The molecule has 17 heavy (non-hydrogen) atoms. The van der Waals surface area contributed by atoms with E-state index in [1.54, 1.807) is 0 Å². The Morgan fingerprint density at radius 2 is 2.06 bits per heavy atom. The summed E-state index contributed by atoms with van der Waals surface area (Å²) in [4.78, 5) is 0. The fraction of sp³-hybridized carbons (Fsp3) is 0.600. The van der Waals surface area contributed by atoms with E-state index in [4.69, 9.17) is 10.5 Å². The predicted octanol–water partition coefficient (Wildman–Crippen LogP) is 2.60. The number of aryl methyl sites for hydroxylation is 2. The van der Waals surface area contributed by atoms with E-state index in [1.807, 2.05) is 0 Å². The molecule has 0 amide bonds. The smallest absolute Gasteiger partial charge is 0.0512 e. The van der Waals surface area contributed by atoms with E-state index in [2.05, 4.69) is 18.2 Å². The van der Waals surface area contributed by atoms with E-state index < -0.39 is 0 Å². The second-order valence-electron chi connectivity index (χ2n) is 5.38. The summed E-state index contributed by atoms with van der Waals surface area (Å²) in [6.07, 6.45) is 6.15. The fourth-order valence-corrected chi connectivity index (χ4v) is 3.12. The van der Waals surface area contributed by atoms with Gasteiger partial charge in [-0.15, -0.1) is 0 Å². The molecule has 3 rings (SSSR count). The first kappa shape index (κ1) is 11.2. The van der Waals surface area contributed by atoms with Crippen molar-refractivity contribution in [1.29, 1.82) is 0 Å². The van der Waals surface area contributed by atoms with E-state index >= 15 is 0 Å². The van der Waals surface area contributed by atoms with Crippen LogP contribution in [0, 0.1) is 5.92 Å². The molecule has 0 radical (unpaired) electrons. The first-order chi connectivity index (χ1) is 8.34. The highest BCUT2D eigenvalue weighted by atomic mass is 16.5. The molecular formula is C15H21NO. The molecule has 92 valence electrons. The van der Waals surface area contributed by atoms with Crippen molar-refractivity contribution in [1.82, 2.24) is 0 Å². The number of nitrogens with two attached hydrogens (primary N) is 1. The number of rotatable bonds is 2. The molecule has 2 nitrogen and oxygen atoms in total. The van der Waals surface area contributed by atoms with Crippen molar-refractivity contribution in [3.63, 3.8) is 0 Å². The molecule has 2 atom stereocenters. The number of fused-ring (bicyclic) bond motifs is 1. The van der Waals surface area contributed by atoms with Crippen molar-refractivity contribution in [2.75, 3.05) is 13.2 Å². The van der Waals surface area contributed by atoms with Gasteiger partial charge in [-0.25, -0.2) is 0 Å². The lowest BCUT2D eigenvalue weighted by Gasteiger charge is -2.28. The third-order valence-electron chi connectivity index (χ3n) is 4.21. The number of benzene rings is 1. The topological polar surface area (TPSA) is 35.2 Å². The highest BCUT2D eigenvalue weighted by Gasteiger charge is 2.23. The van der Waals surface area contributed by atoms with Gasteiger partial charge in [-0.05, 0) is 48.8 Å². The standard InChI is InChI=1S/C15H21NO/c16-15(14-5-2-8-17-10-14)13-7-6-11-3-1-4-12(11)9-13/h6-7,9,14-15H,1-5,8,10,16H2. The van der Waals surface area contributed by atoms with Crippen LogP contribution in [-0.2, 0) is 17.6 Å². The Morgan fingerprint density at radius 3 is 2.88 bits per heavy atom. The van der Waals surface area contributed by atoms with Crippen LogP contribution >= 0.6 is 0 Å². The quantitative estimate of drug-likeness (QED) is 0.849. The summed E-state index contributed by atoms with van der Waals surface area (Å²) in [6.45, 7) is 1.74. The molecule has 0 aromatic heterocycles. The summed E-state index contributed by atoms with van der Waals surface area (Å²) in [6, 6.07) is 6.99. The zero-order chi connectivity index (χ0) is 11.7. The van der Waals surface area contributed by atoms with Crippen LogP contribution in [0.3, 0.4) is 0 Å². The lowest BCUT2D eigenvalue weighted by atomic mass is 9.88. The monoisotopic (exact) mass is 231 g/mol. The minimum atomic E-state index is 0.154. The van der Waals surface area contributed by atoms with E-state index in [0.717, 1.165) is 19.6 Å². The average molecular weight is 231 g/mol. The van der Waals surface area contributed by atoms with Gasteiger partial charge in [-0.1, -0.05) is 18.2 Å². The van der Waals surface area contributed by atoms with Gasteiger partial charge in [0.25, 0.3) is 0 Å². The molecule has 2 unspecified atom stereocenters. The van der Waals surface area contributed by atoms with Crippen molar-refractivity contribution < 1.29 is 4.74 Å². The second kappa shape index (κ2) is 4.79. The molecule has 1 aliphatic heterocycles. The van der Waals surface area contributed by atoms with E-state index in [0.29, 0.717) is 5.92 Å². The van der Waals surface area contributed by atoms with Crippen LogP contribution in [0.1, 0.15) is 42.0 Å².